The maximum absolute atomic E-state index is 5.93. The lowest BCUT2D eigenvalue weighted by Gasteiger charge is -2.23. The molecule has 114 valence electrons. The minimum atomic E-state index is 0.438. The van der Waals surface area contributed by atoms with Crippen molar-refractivity contribution in [2.24, 2.45) is 11.1 Å². The minimum Gasteiger partial charge on any atom is -0.396 e. The second-order valence-corrected chi connectivity index (χ2v) is 6.18. The standard InChI is InChI=1S/C17H21Cl2NO/c1-13-4-2-5-15(17(13)20-21-11-3-10-18)12-14-6-8-16(19)9-7-14/h6-9,12-13H,2-5,10-11H2,1H3/b15-12+,20-17+. The van der Waals surface area contributed by atoms with E-state index in [1.54, 1.807) is 0 Å². The van der Waals surface area contributed by atoms with Gasteiger partial charge < -0.3 is 4.84 Å². The van der Waals surface area contributed by atoms with E-state index >= 15 is 0 Å². The molecule has 0 aliphatic heterocycles. The summed E-state index contributed by atoms with van der Waals surface area (Å²) in [7, 11) is 0. The van der Waals surface area contributed by atoms with Gasteiger partial charge in [-0.25, -0.2) is 0 Å². The van der Waals surface area contributed by atoms with Gasteiger partial charge in [-0.3, -0.25) is 0 Å². The number of hydrogen-bond acceptors (Lipinski definition) is 2. The predicted octanol–water partition coefficient (Wildman–Crippen LogP) is 5.54. The van der Waals surface area contributed by atoms with Crippen molar-refractivity contribution in [1.82, 2.24) is 0 Å². The van der Waals surface area contributed by atoms with Gasteiger partial charge in [-0.2, -0.15) is 0 Å². The lowest BCUT2D eigenvalue weighted by molar-refractivity contribution is 0.143. The van der Waals surface area contributed by atoms with Crippen molar-refractivity contribution in [1.29, 1.82) is 0 Å². The fourth-order valence-corrected chi connectivity index (χ4v) is 2.70. The highest BCUT2D eigenvalue weighted by Crippen LogP contribution is 2.28. The van der Waals surface area contributed by atoms with Crippen molar-refractivity contribution in [2.75, 3.05) is 12.5 Å². The molecule has 0 bridgehead atoms. The van der Waals surface area contributed by atoms with Gasteiger partial charge in [-0.15, -0.1) is 11.6 Å². The van der Waals surface area contributed by atoms with Gasteiger partial charge in [0.05, 0.1) is 5.71 Å². The van der Waals surface area contributed by atoms with Crippen LogP contribution in [0.15, 0.2) is 35.0 Å². The van der Waals surface area contributed by atoms with Crippen LogP contribution in [0.1, 0.15) is 38.2 Å². The molecule has 0 amide bonds. The first kappa shape index (κ1) is 16.4. The Labute approximate surface area is 136 Å². The molecule has 2 rings (SSSR count). The number of nitrogens with zero attached hydrogens (tertiary/aromatic N) is 1. The van der Waals surface area contributed by atoms with Crippen molar-refractivity contribution in [3.63, 3.8) is 0 Å². The molecule has 0 spiro atoms. The molecule has 2 nitrogen and oxygen atoms in total. The number of alkyl halides is 1. The summed E-state index contributed by atoms with van der Waals surface area (Å²) < 4.78 is 0. The average Bonchev–Trinajstić information content (AvgIpc) is 2.48. The summed E-state index contributed by atoms with van der Waals surface area (Å²) in [5, 5.41) is 5.12. The third-order valence-electron chi connectivity index (χ3n) is 3.62. The van der Waals surface area contributed by atoms with Gasteiger partial charge in [-0.05, 0) is 55.0 Å². The van der Waals surface area contributed by atoms with Gasteiger partial charge in [0, 0.05) is 16.8 Å². The van der Waals surface area contributed by atoms with E-state index in [0.717, 1.165) is 35.6 Å². The molecule has 1 aliphatic rings. The highest BCUT2D eigenvalue weighted by molar-refractivity contribution is 6.30. The molecule has 1 aliphatic carbocycles. The lowest BCUT2D eigenvalue weighted by atomic mass is 9.84. The number of halogens is 2. The lowest BCUT2D eigenvalue weighted by Crippen LogP contribution is -2.19. The van der Waals surface area contributed by atoms with E-state index in [2.05, 4.69) is 18.2 Å². The number of allylic oxidation sites excluding steroid dienone is 1. The van der Waals surface area contributed by atoms with Crippen molar-refractivity contribution in [3.05, 3.63) is 40.4 Å². The number of hydrogen-bond donors (Lipinski definition) is 0. The molecular formula is C17H21Cl2NO. The van der Waals surface area contributed by atoms with Gasteiger partial charge in [0.25, 0.3) is 0 Å². The van der Waals surface area contributed by atoms with E-state index in [4.69, 9.17) is 28.0 Å². The Hall–Kier alpha value is -0.990. The maximum atomic E-state index is 5.93. The van der Waals surface area contributed by atoms with Crippen molar-refractivity contribution < 1.29 is 4.84 Å². The number of benzene rings is 1. The van der Waals surface area contributed by atoms with Gasteiger partial charge >= 0.3 is 0 Å². The summed E-state index contributed by atoms with van der Waals surface area (Å²) in [6, 6.07) is 7.88. The third kappa shape index (κ3) is 5.05. The molecule has 1 unspecified atom stereocenters. The topological polar surface area (TPSA) is 21.6 Å². The molecule has 21 heavy (non-hydrogen) atoms. The van der Waals surface area contributed by atoms with Gasteiger partial charge in [-0.1, -0.05) is 35.8 Å². The highest BCUT2D eigenvalue weighted by atomic mass is 35.5. The molecule has 1 aromatic rings. The Bertz CT molecular complexity index is 508. The SMILES string of the molecule is CC1CCCC(=C\c2ccc(Cl)cc2)/C1=N/OCCCCl. The summed E-state index contributed by atoms with van der Waals surface area (Å²) in [5.74, 6) is 1.04. The van der Waals surface area contributed by atoms with Crippen molar-refractivity contribution in [3.8, 4) is 0 Å². The molecule has 1 atom stereocenters. The zero-order valence-electron chi connectivity index (χ0n) is 12.3. The molecule has 0 saturated heterocycles. The quantitative estimate of drug-likeness (QED) is 0.395. The van der Waals surface area contributed by atoms with Crippen LogP contribution in [0.4, 0.5) is 0 Å². The van der Waals surface area contributed by atoms with E-state index in [9.17, 15) is 0 Å². The molecule has 0 heterocycles. The summed E-state index contributed by atoms with van der Waals surface area (Å²) in [6.07, 6.45) is 6.42. The van der Waals surface area contributed by atoms with Gasteiger partial charge in [0.1, 0.15) is 6.61 Å². The van der Waals surface area contributed by atoms with Crippen LogP contribution in [0.3, 0.4) is 0 Å². The molecule has 0 aromatic heterocycles. The van der Waals surface area contributed by atoms with E-state index in [1.165, 1.54) is 12.0 Å². The number of oxime groups is 1. The molecule has 1 fully saturated rings. The van der Waals surface area contributed by atoms with Crippen LogP contribution in [0.5, 0.6) is 0 Å². The Balaban J connectivity index is 2.15. The summed E-state index contributed by atoms with van der Waals surface area (Å²) in [4.78, 5) is 5.41. The zero-order valence-corrected chi connectivity index (χ0v) is 13.8. The Morgan fingerprint density at radius 1 is 1.33 bits per heavy atom. The van der Waals surface area contributed by atoms with Crippen LogP contribution in [-0.4, -0.2) is 18.2 Å². The maximum Gasteiger partial charge on any atom is 0.118 e. The van der Waals surface area contributed by atoms with Crippen LogP contribution < -0.4 is 0 Å². The zero-order chi connectivity index (χ0) is 15.1. The van der Waals surface area contributed by atoms with Crippen LogP contribution in [0, 0.1) is 5.92 Å². The van der Waals surface area contributed by atoms with Crippen molar-refractivity contribution in [2.45, 2.75) is 32.6 Å². The van der Waals surface area contributed by atoms with Crippen LogP contribution in [0.2, 0.25) is 5.02 Å². The normalized spacial score (nSPS) is 22.7. The fraction of sp³-hybridized carbons (Fsp3) is 0.471. The third-order valence-corrected chi connectivity index (χ3v) is 4.14. The van der Waals surface area contributed by atoms with E-state index in [1.807, 2.05) is 24.3 Å². The van der Waals surface area contributed by atoms with Gasteiger partial charge in [0.15, 0.2) is 0 Å². The Morgan fingerprint density at radius 3 is 2.81 bits per heavy atom. The first-order chi connectivity index (χ1) is 10.2. The molecule has 4 heteroatoms. The predicted molar refractivity (Wildman–Crippen MR) is 91.2 cm³/mol. The summed E-state index contributed by atoms with van der Waals surface area (Å²) in [6.45, 7) is 2.78. The van der Waals surface area contributed by atoms with Crippen LogP contribution in [-0.2, 0) is 4.84 Å². The molecular weight excluding hydrogens is 305 g/mol. The van der Waals surface area contributed by atoms with Crippen LogP contribution in [0.25, 0.3) is 6.08 Å². The summed E-state index contributed by atoms with van der Waals surface area (Å²) in [5.41, 5.74) is 3.49. The van der Waals surface area contributed by atoms with E-state index in [-0.39, 0.29) is 0 Å². The minimum absolute atomic E-state index is 0.438. The fourth-order valence-electron chi connectivity index (χ4n) is 2.47. The van der Waals surface area contributed by atoms with Crippen LogP contribution >= 0.6 is 23.2 Å². The Morgan fingerprint density at radius 2 is 2.10 bits per heavy atom. The number of rotatable bonds is 5. The molecule has 1 aromatic carbocycles. The average molecular weight is 326 g/mol. The monoisotopic (exact) mass is 325 g/mol. The largest absolute Gasteiger partial charge is 0.396 e. The Kier molecular flexibility index (Phi) is 6.59. The second-order valence-electron chi connectivity index (χ2n) is 5.37. The van der Waals surface area contributed by atoms with Gasteiger partial charge in [0.2, 0.25) is 0 Å². The first-order valence-electron chi connectivity index (χ1n) is 7.43. The van der Waals surface area contributed by atoms with Crippen molar-refractivity contribution >= 4 is 35.0 Å². The molecule has 0 N–H and O–H groups in total. The summed E-state index contributed by atoms with van der Waals surface area (Å²) >= 11 is 11.6. The smallest absolute Gasteiger partial charge is 0.118 e. The van der Waals surface area contributed by atoms with E-state index in [0.29, 0.717) is 18.4 Å². The highest BCUT2D eigenvalue weighted by Gasteiger charge is 2.21. The second kappa shape index (κ2) is 8.45. The van der Waals surface area contributed by atoms with E-state index < -0.39 is 0 Å². The molecule has 1 saturated carbocycles. The first-order valence-corrected chi connectivity index (χ1v) is 8.34. The molecule has 0 radical (unpaired) electrons.